The monoisotopic (exact) mass is 223 g/mol. The van der Waals surface area contributed by atoms with Crippen molar-refractivity contribution in [2.45, 2.75) is 46.6 Å². The van der Waals surface area contributed by atoms with Gasteiger partial charge in [-0.05, 0) is 26.3 Å². The molecule has 1 N–H and O–H groups in total. The Bertz CT molecular complexity index is 313. The van der Waals surface area contributed by atoms with Gasteiger partial charge in [-0.15, -0.1) is 0 Å². The van der Waals surface area contributed by atoms with Gasteiger partial charge in [0.1, 0.15) is 0 Å². The van der Waals surface area contributed by atoms with E-state index in [4.69, 9.17) is 0 Å². The Labute approximate surface area is 99.2 Å². The lowest BCUT2D eigenvalue weighted by Crippen LogP contribution is -2.25. The summed E-state index contributed by atoms with van der Waals surface area (Å²) in [6.07, 6.45) is 4.62. The minimum atomic E-state index is 0.397. The van der Waals surface area contributed by atoms with Crippen LogP contribution in [-0.2, 0) is 7.05 Å². The van der Waals surface area contributed by atoms with E-state index < -0.39 is 0 Å². The fourth-order valence-corrected chi connectivity index (χ4v) is 2.07. The van der Waals surface area contributed by atoms with Crippen molar-refractivity contribution in [2.75, 3.05) is 6.54 Å². The highest BCUT2D eigenvalue weighted by Gasteiger charge is 2.12. The maximum absolute atomic E-state index is 4.38. The Morgan fingerprint density at radius 3 is 2.44 bits per heavy atom. The summed E-state index contributed by atoms with van der Waals surface area (Å²) in [5.74, 6) is 0.791. The smallest absolute Gasteiger partial charge is 0.0641 e. The van der Waals surface area contributed by atoms with Gasteiger partial charge in [-0.25, -0.2) is 0 Å². The Balaban J connectivity index is 2.52. The molecule has 0 amide bonds. The molecule has 0 aliphatic rings. The van der Waals surface area contributed by atoms with Crippen LogP contribution in [-0.4, -0.2) is 16.3 Å². The number of hydrogen-bond donors (Lipinski definition) is 1. The van der Waals surface area contributed by atoms with E-state index in [1.165, 1.54) is 18.4 Å². The summed E-state index contributed by atoms with van der Waals surface area (Å²) in [4.78, 5) is 0. The average Bonchev–Trinajstić information content (AvgIpc) is 2.59. The molecule has 0 saturated heterocycles. The van der Waals surface area contributed by atoms with Crippen molar-refractivity contribution in [2.24, 2.45) is 13.0 Å². The molecule has 0 aliphatic carbocycles. The number of aromatic nitrogens is 2. The summed E-state index contributed by atoms with van der Waals surface area (Å²) in [6, 6.07) is 0.397. The van der Waals surface area contributed by atoms with Gasteiger partial charge in [0, 0.05) is 24.8 Å². The van der Waals surface area contributed by atoms with Gasteiger partial charge in [0.2, 0.25) is 0 Å². The van der Waals surface area contributed by atoms with Gasteiger partial charge < -0.3 is 5.32 Å². The van der Waals surface area contributed by atoms with Crippen LogP contribution in [0.3, 0.4) is 0 Å². The third-order valence-electron chi connectivity index (χ3n) is 3.39. The molecular weight excluding hydrogens is 198 g/mol. The van der Waals surface area contributed by atoms with Gasteiger partial charge in [0.15, 0.2) is 0 Å². The van der Waals surface area contributed by atoms with E-state index in [1.807, 2.05) is 11.7 Å². The van der Waals surface area contributed by atoms with Gasteiger partial charge in [0.05, 0.1) is 5.69 Å². The van der Waals surface area contributed by atoms with Crippen molar-refractivity contribution in [3.63, 3.8) is 0 Å². The molecule has 1 aromatic heterocycles. The predicted molar refractivity (Wildman–Crippen MR) is 68.4 cm³/mol. The molecule has 0 spiro atoms. The Kier molecular flexibility index (Phi) is 5.00. The lowest BCUT2D eigenvalue weighted by molar-refractivity contribution is 0.422. The molecule has 1 aromatic rings. The summed E-state index contributed by atoms with van der Waals surface area (Å²) in [5.41, 5.74) is 2.44. The third-order valence-corrected chi connectivity index (χ3v) is 3.39. The van der Waals surface area contributed by atoms with E-state index >= 15 is 0 Å². The first-order valence-corrected chi connectivity index (χ1v) is 6.31. The molecule has 0 bridgehead atoms. The normalized spacial score (nSPS) is 13.4. The molecule has 1 heterocycles. The molecule has 0 aliphatic heterocycles. The number of nitrogens with zero attached hydrogens (tertiary/aromatic N) is 2. The largest absolute Gasteiger partial charge is 0.310 e. The molecule has 92 valence electrons. The molecule has 0 aromatic carbocycles. The van der Waals surface area contributed by atoms with Gasteiger partial charge in [0.25, 0.3) is 0 Å². The van der Waals surface area contributed by atoms with Crippen molar-refractivity contribution >= 4 is 0 Å². The second-order valence-electron chi connectivity index (χ2n) is 4.66. The van der Waals surface area contributed by atoms with Crippen molar-refractivity contribution in [1.29, 1.82) is 0 Å². The first-order chi connectivity index (χ1) is 7.58. The number of aryl methyl sites for hydroxylation is 2. The minimum Gasteiger partial charge on any atom is -0.310 e. The van der Waals surface area contributed by atoms with Crippen LogP contribution in [0.15, 0.2) is 6.20 Å². The van der Waals surface area contributed by atoms with Crippen LogP contribution in [0.1, 0.15) is 50.9 Å². The van der Waals surface area contributed by atoms with Gasteiger partial charge >= 0.3 is 0 Å². The van der Waals surface area contributed by atoms with Crippen LogP contribution in [0.4, 0.5) is 0 Å². The van der Waals surface area contributed by atoms with E-state index in [9.17, 15) is 0 Å². The summed E-state index contributed by atoms with van der Waals surface area (Å²) in [7, 11) is 1.98. The van der Waals surface area contributed by atoms with Crippen molar-refractivity contribution in [3.05, 3.63) is 17.5 Å². The van der Waals surface area contributed by atoms with E-state index in [0.717, 1.165) is 18.2 Å². The van der Waals surface area contributed by atoms with E-state index in [0.29, 0.717) is 6.04 Å². The molecule has 0 fully saturated rings. The Hall–Kier alpha value is -0.830. The second-order valence-corrected chi connectivity index (χ2v) is 4.66. The van der Waals surface area contributed by atoms with Crippen LogP contribution in [0, 0.1) is 12.8 Å². The zero-order valence-corrected chi connectivity index (χ0v) is 11.2. The standard InChI is InChI=1S/C13H25N3/c1-6-12(7-2)8-14-10(3)13-9-16(5)15-11(13)4/h9-10,12,14H,6-8H2,1-5H3. The zero-order valence-electron chi connectivity index (χ0n) is 11.2. The lowest BCUT2D eigenvalue weighted by Gasteiger charge is -2.18. The third kappa shape index (κ3) is 3.34. The van der Waals surface area contributed by atoms with Crippen molar-refractivity contribution < 1.29 is 0 Å². The van der Waals surface area contributed by atoms with Gasteiger partial charge in [-0.3, -0.25) is 4.68 Å². The van der Waals surface area contributed by atoms with E-state index in [-0.39, 0.29) is 0 Å². The Morgan fingerprint density at radius 2 is 2.00 bits per heavy atom. The molecule has 1 unspecified atom stereocenters. The number of hydrogen-bond acceptors (Lipinski definition) is 2. The average molecular weight is 223 g/mol. The molecular formula is C13H25N3. The summed E-state index contributed by atoms with van der Waals surface area (Å²) >= 11 is 0. The van der Waals surface area contributed by atoms with E-state index in [1.54, 1.807) is 0 Å². The first kappa shape index (κ1) is 13.2. The van der Waals surface area contributed by atoms with Crippen LogP contribution in [0.2, 0.25) is 0 Å². The van der Waals surface area contributed by atoms with Crippen LogP contribution in [0.25, 0.3) is 0 Å². The predicted octanol–water partition coefficient (Wildman–Crippen LogP) is 2.82. The fourth-order valence-electron chi connectivity index (χ4n) is 2.07. The number of nitrogens with one attached hydrogen (secondary N) is 1. The SMILES string of the molecule is CCC(CC)CNC(C)c1cn(C)nc1C. The van der Waals surface area contributed by atoms with Crippen LogP contribution < -0.4 is 5.32 Å². The van der Waals surface area contributed by atoms with Gasteiger partial charge in [-0.1, -0.05) is 26.7 Å². The minimum absolute atomic E-state index is 0.397. The maximum atomic E-state index is 4.38. The molecule has 3 nitrogen and oxygen atoms in total. The maximum Gasteiger partial charge on any atom is 0.0641 e. The highest BCUT2D eigenvalue weighted by molar-refractivity contribution is 5.19. The molecule has 1 rings (SSSR count). The highest BCUT2D eigenvalue weighted by Crippen LogP contribution is 2.16. The van der Waals surface area contributed by atoms with Crippen molar-refractivity contribution in [1.82, 2.24) is 15.1 Å². The highest BCUT2D eigenvalue weighted by atomic mass is 15.3. The molecule has 3 heteroatoms. The molecule has 1 atom stereocenters. The second kappa shape index (κ2) is 6.04. The molecule has 0 saturated carbocycles. The lowest BCUT2D eigenvalue weighted by atomic mass is 10.0. The van der Waals surface area contributed by atoms with Gasteiger partial charge in [-0.2, -0.15) is 5.10 Å². The van der Waals surface area contributed by atoms with Crippen LogP contribution >= 0.6 is 0 Å². The first-order valence-electron chi connectivity index (χ1n) is 6.31. The zero-order chi connectivity index (χ0) is 12.1. The topological polar surface area (TPSA) is 29.9 Å². The van der Waals surface area contributed by atoms with Crippen molar-refractivity contribution in [3.8, 4) is 0 Å². The summed E-state index contributed by atoms with van der Waals surface area (Å²) in [6.45, 7) is 9.91. The summed E-state index contributed by atoms with van der Waals surface area (Å²) < 4.78 is 1.89. The Morgan fingerprint density at radius 1 is 1.38 bits per heavy atom. The summed E-state index contributed by atoms with van der Waals surface area (Å²) in [5, 5.41) is 7.98. The van der Waals surface area contributed by atoms with E-state index in [2.05, 4.69) is 44.3 Å². The number of rotatable bonds is 6. The quantitative estimate of drug-likeness (QED) is 0.803. The fraction of sp³-hybridized carbons (Fsp3) is 0.769. The molecule has 16 heavy (non-hydrogen) atoms. The van der Waals surface area contributed by atoms with Crippen LogP contribution in [0.5, 0.6) is 0 Å². The molecule has 0 radical (unpaired) electrons.